The van der Waals surface area contributed by atoms with Gasteiger partial charge in [0.05, 0.1) is 0 Å². The average Bonchev–Trinajstić information content (AvgIpc) is 2.78. The summed E-state index contributed by atoms with van der Waals surface area (Å²) in [5.41, 5.74) is 2.86. The summed E-state index contributed by atoms with van der Waals surface area (Å²) in [4.78, 5) is 12.1. The lowest BCUT2D eigenvalue weighted by molar-refractivity contribution is 0.0533. The number of rotatable bonds is 2. The Morgan fingerprint density at radius 1 is 1.15 bits per heavy atom. The van der Waals surface area contributed by atoms with E-state index in [4.69, 9.17) is 4.74 Å². The summed E-state index contributed by atoms with van der Waals surface area (Å²) in [6, 6.07) is 12.1. The Morgan fingerprint density at radius 3 is 2.40 bits per heavy atom. The Hall–Kier alpha value is -2.03. The second-order valence-corrected chi connectivity index (χ2v) is 6.01. The van der Waals surface area contributed by atoms with Crippen molar-refractivity contribution < 1.29 is 9.53 Å². The molecule has 0 saturated carbocycles. The van der Waals surface area contributed by atoms with Gasteiger partial charge in [-0.1, -0.05) is 29.8 Å². The van der Waals surface area contributed by atoms with Crippen LogP contribution in [0, 0.1) is 6.92 Å². The van der Waals surface area contributed by atoms with Crippen LogP contribution in [0.4, 0.5) is 4.79 Å². The number of hydrogen-bond acceptors (Lipinski definition) is 2. The average molecular weight is 271 g/mol. The molecule has 0 atom stereocenters. The second kappa shape index (κ2) is 5.53. The summed E-state index contributed by atoms with van der Waals surface area (Å²) in [5, 5.41) is 0. The molecule has 1 aromatic heterocycles. The maximum absolute atomic E-state index is 12.1. The quantitative estimate of drug-likeness (QED) is 0.820. The van der Waals surface area contributed by atoms with E-state index in [2.05, 4.69) is 31.2 Å². The van der Waals surface area contributed by atoms with Gasteiger partial charge >= 0.3 is 6.09 Å². The van der Waals surface area contributed by atoms with Crippen molar-refractivity contribution in [3.63, 3.8) is 0 Å². The monoisotopic (exact) mass is 271 g/mol. The van der Waals surface area contributed by atoms with Gasteiger partial charge in [0.15, 0.2) is 0 Å². The first-order chi connectivity index (χ1) is 9.35. The van der Waals surface area contributed by atoms with Gasteiger partial charge in [0.25, 0.3) is 0 Å². The van der Waals surface area contributed by atoms with Crippen molar-refractivity contribution in [2.24, 2.45) is 0 Å². The molecule has 0 bridgehead atoms. The number of carbonyl (C=O) groups is 1. The predicted molar refractivity (Wildman–Crippen MR) is 80.0 cm³/mol. The Morgan fingerprint density at radius 2 is 1.80 bits per heavy atom. The van der Waals surface area contributed by atoms with Crippen molar-refractivity contribution in [2.45, 2.75) is 39.7 Å². The van der Waals surface area contributed by atoms with Crippen LogP contribution in [0.15, 0.2) is 42.6 Å². The van der Waals surface area contributed by atoms with E-state index in [1.807, 2.05) is 32.9 Å². The van der Waals surface area contributed by atoms with Gasteiger partial charge in [0.2, 0.25) is 0 Å². The molecule has 2 aromatic rings. The normalized spacial score (nSPS) is 11.4. The van der Waals surface area contributed by atoms with E-state index in [9.17, 15) is 4.79 Å². The van der Waals surface area contributed by atoms with Gasteiger partial charge in [-0.15, -0.1) is 0 Å². The Kier molecular flexibility index (Phi) is 3.98. The lowest BCUT2D eigenvalue weighted by Gasteiger charge is -2.20. The summed E-state index contributed by atoms with van der Waals surface area (Å²) in [7, 11) is 0. The number of benzene rings is 1. The van der Waals surface area contributed by atoms with Crippen LogP contribution in [0.2, 0.25) is 0 Å². The molecule has 0 N–H and O–H groups in total. The first-order valence-electron chi connectivity index (χ1n) is 6.80. The van der Waals surface area contributed by atoms with Crippen LogP contribution >= 0.6 is 0 Å². The van der Waals surface area contributed by atoms with E-state index in [0.717, 1.165) is 5.69 Å². The fraction of sp³-hybridized carbons (Fsp3) is 0.353. The molecule has 20 heavy (non-hydrogen) atoms. The highest BCUT2D eigenvalue weighted by molar-refractivity contribution is 5.72. The maximum atomic E-state index is 12.1. The maximum Gasteiger partial charge on any atom is 0.418 e. The van der Waals surface area contributed by atoms with Crippen LogP contribution < -0.4 is 0 Å². The van der Waals surface area contributed by atoms with Gasteiger partial charge in [0.1, 0.15) is 5.60 Å². The van der Waals surface area contributed by atoms with Gasteiger partial charge in [-0.25, -0.2) is 4.79 Å². The molecule has 0 aliphatic carbocycles. The standard InChI is InChI=1S/C17H21NO2/c1-13-7-9-14(10-8-13)12-15-6-5-11-18(15)16(19)20-17(2,3)4/h5-11H,12H2,1-4H3. The second-order valence-electron chi connectivity index (χ2n) is 6.01. The van der Waals surface area contributed by atoms with E-state index in [1.54, 1.807) is 10.8 Å². The van der Waals surface area contributed by atoms with Crippen LogP contribution in [0.25, 0.3) is 0 Å². The molecule has 1 aromatic carbocycles. The van der Waals surface area contributed by atoms with Gasteiger partial charge in [-0.05, 0) is 45.4 Å². The van der Waals surface area contributed by atoms with Gasteiger partial charge in [-0.3, -0.25) is 4.57 Å². The highest BCUT2D eigenvalue weighted by Gasteiger charge is 2.19. The molecule has 0 aliphatic rings. The minimum Gasteiger partial charge on any atom is -0.443 e. The van der Waals surface area contributed by atoms with Crippen molar-refractivity contribution >= 4 is 6.09 Å². The Bertz CT molecular complexity index is 588. The fourth-order valence-electron chi connectivity index (χ4n) is 1.96. The molecular formula is C17H21NO2. The molecule has 0 unspecified atom stereocenters. The number of aromatic nitrogens is 1. The first kappa shape index (κ1) is 14.4. The van der Waals surface area contributed by atoms with Crippen molar-refractivity contribution in [1.29, 1.82) is 0 Å². The molecule has 1 heterocycles. The smallest absolute Gasteiger partial charge is 0.418 e. The van der Waals surface area contributed by atoms with E-state index < -0.39 is 5.60 Å². The Balaban J connectivity index is 2.16. The number of aryl methyl sites for hydroxylation is 1. The SMILES string of the molecule is Cc1ccc(Cc2cccn2C(=O)OC(C)(C)C)cc1. The van der Waals surface area contributed by atoms with Gasteiger partial charge < -0.3 is 4.74 Å². The van der Waals surface area contributed by atoms with Crippen LogP contribution in [0.5, 0.6) is 0 Å². The zero-order valence-electron chi connectivity index (χ0n) is 12.5. The van der Waals surface area contributed by atoms with Crippen molar-refractivity contribution in [1.82, 2.24) is 4.57 Å². The zero-order valence-corrected chi connectivity index (χ0v) is 12.5. The predicted octanol–water partition coefficient (Wildman–Crippen LogP) is 4.17. The summed E-state index contributed by atoms with van der Waals surface area (Å²) >= 11 is 0. The molecular weight excluding hydrogens is 250 g/mol. The lowest BCUT2D eigenvalue weighted by atomic mass is 10.1. The minimum atomic E-state index is -0.484. The molecule has 0 fully saturated rings. The number of nitrogens with zero attached hydrogens (tertiary/aromatic N) is 1. The van der Waals surface area contributed by atoms with Gasteiger partial charge in [0, 0.05) is 18.3 Å². The molecule has 2 rings (SSSR count). The molecule has 0 saturated heterocycles. The van der Waals surface area contributed by atoms with E-state index in [1.165, 1.54) is 11.1 Å². The zero-order chi connectivity index (χ0) is 14.8. The van der Waals surface area contributed by atoms with Gasteiger partial charge in [-0.2, -0.15) is 0 Å². The number of hydrogen-bond donors (Lipinski definition) is 0. The summed E-state index contributed by atoms with van der Waals surface area (Å²) in [6.07, 6.45) is 2.13. The summed E-state index contributed by atoms with van der Waals surface area (Å²) < 4.78 is 6.98. The van der Waals surface area contributed by atoms with Crippen LogP contribution in [-0.2, 0) is 11.2 Å². The molecule has 3 heteroatoms. The summed E-state index contributed by atoms with van der Waals surface area (Å²) in [5.74, 6) is 0. The van der Waals surface area contributed by atoms with Crippen molar-refractivity contribution in [2.75, 3.05) is 0 Å². The molecule has 0 spiro atoms. The van der Waals surface area contributed by atoms with Crippen molar-refractivity contribution in [3.8, 4) is 0 Å². The third kappa shape index (κ3) is 3.73. The number of carbonyl (C=O) groups excluding carboxylic acids is 1. The largest absolute Gasteiger partial charge is 0.443 e. The highest BCUT2D eigenvalue weighted by Crippen LogP contribution is 2.15. The van der Waals surface area contributed by atoms with Crippen LogP contribution in [0.1, 0.15) is 37.6 Å². The molecule has 0 aliphatic heterocycles. The van der Waals surface area contributed by atoms with E-state index in [0.29, 0.717) is 6.42 Å². The topological polar surface area (TPSA) is 31.2 Å². The number of ether oxygens (including phenoxy) is 1. The van der Waals surface area contributed by atoms with E-state index >= 15 is 0 Å². The van der Waals surface area contributed by atoms with Crippen molar-refractivity contribution in [3.05, 3.63) is 59.4 Å². The van der Waals surface area contributed by atoms with Crippen LogP contribution in [0.3, 0.4) is 0 Å². The third-order valence-corrected chi connectivity index (χ3v) is 2.93. The molecule has 3 nitrogen and oxygen atoms in total. The Labute approximate surface area is 120 Å². The fourth-order valence-corrected chi connectivity index (χ4v) is 1.96. The molecule has 0 radical (unpaired) electrons. The first-order valence-corrected chi connectivity index (χ1v) is 6.80. The minimum absolute atomic E-state index is 0.329. The molecule has 0 amide bonds. The third-order valence-electron chi connectivity index (χ3n) is 2.93. The highest BCUT2D eigenvalue weighted by atomic mass is 16.6. The van der Waals surface area contributed by atoms with Crippen LogP contribution in [-0.4, -0.2) is 16.3 Å². The summed E-state index contributed by atoms with van der Waals surface area (Å²) in [6.45, 7) is 7.67. The lowest BCUT2D eigenvalue weighted by Crippen LogP contribution is -2.27. The van der Waals surface area contributed by atoms with E-state index in [-0.39, 0.29) is 6.09 Å². The molecule has 106 valence electrons.